The fourth-order valence-electron chi connectivity index (χ4n) is 0.986. The molecule has 14 heavy (non-hydrogen) atoms. The lowest BCUT2D eigenvalue weighted by Crippen LogP contribution is -2.13. The number of hydrogen-bond acceptors (Lipinski definition) is 2. The van der Waals surface area contributed by atoms with Crippen molar-refractivity contribution in [1.29, 1.82) is 5.41 Å². The SMILES string of the molecule is Cc1cc(OCCC(=N)N)ccc1Br. The maximum absolute atomic E-state index is 7.03. The van der Waals surface area contributed by atoms with Crippen LogP contribution in [0.2, 0.25) is 0 Å². The molecule has 0 bridgehead atoms. The highest BCUT2D eigenvalue weighted by Crippen LogP contribution is 2.21. The van der Waals surface area contributed by atoms with Crippen LogP contribution in [-0.2, 0) is 0 Å². The molecular formula is C10H13BrN2O. The van der Waals surface area contributed by atoms with Crippen LogP contribution in [0, 0.1) is 12.3 Å². The number of ether oxygens (including phenoxy) is 1. The van der Waals surface area contributed by atoms with Gasteiger partial charge in [0.2, 0.25) is 0 Å². The molecule has 0 heterocycles. The van der Waals surface area contributed by atoms with Crippen LogP contribution in [0.25, 0.3) is 0 Å². The predicted octanol–water partition coefficient (Wildman–Crippen LogP) is 2.46. The number of benzene rings is 1. The van der Waals surface area contributed by atoms with Crippen molar-refractivity contribution in [3.05, 3.63) is 28.2 Å². The zero-order valence-electron chi connectivity index (χ0n) is 8.01. The summed E-state index contributed by atoms with van der Waals surface area (Å²) in [7, 11) is 0. The van der Waals surface area contributed by atoms with Gasteiger partial charge in [-0.05, 0) is 30.7 Å². The van der Waals surface area contributed by atoms with Gasteiger partial charge in [0.25, 0.3) is 0 Å². The van der Waals surface area contributed by atoms with Gasteiger partial charge < -0.3 is 10.5 Å². The molecule has 1 aromatic rings. The van der Waals surface area contributed by atoms with Crippen molar-refractivity contribution in [2.24, 2.45) is 5.73 Å². The van der Waals surface area contributed by atoms with Crippen LogP contribution in [0.15, 0.2) is 22.7 Å². The Labute approximate surface area is 91.9 Å². The minimum Gasteiger partial charge on any atom is -0.493 e. The van der Waals surface area contributed by atoms with Crippen molar-refractivity contribution in [3.8, 4) is 5.75 Å². The zero-order valence-corrected chi connectivity index (χ0v) is 9.60. The molecule has 0 aromatic heterocycles. The van der Waals surface area contributed by atoms with Crippen molar-refractivity contribution in [2.45, 2.75) is 13.3 Å². The molecule has 0 atom stereocenters. The number of halogens is 1. The van der Waals surface area contributed by atoms with E-state index in [4.69, 9.17) is 15.9 Å². The van der Waals surface area contributed by atoms with Gasteiger partial charge in [-0.1, -0.05) is 15.9 Å². The van der Waals surface area contributed by atoms with E-state index in [9.17, 15) is 0 Å². The fraction of sp³-hybridized carbons (Fsp3) is 0.300. The number of amidine groups is 1. The zero-order chi connectivity index (χ0) is 10.6. The third kappa shape index (κ3) is 3.38. The van der Waals surface area contributed by atoms with Gasteiger partial charge in [0, 0.05) is 10.9 Å². The fourth-order valence-corrected chi connectivity index (χ4v) is 1.23. The topological polar surface area (TPSA) is 59.1 Å². The predicted molar refractivity (Wildman–Crippen MR) is 60.9 cm³/mol. The number of hydrogen-bond donors (Lipinski definition) is 2. The first-order valence-electron chi connectivity index (χ1n) is 4.31. The standard InChI is InChI=1S/C10H13BrN2O/c1-7-6-8(2-3-9(7)11)14-5-4-10(12)13/h2-3,6H,4-5H2,1H3,(H3,12,13). The second-order valence-corrected chi connectivity index (χ2v) is 3.89. The lowest BCUT2D eigenvalue weighted by atomic mass is 10.2. The van der Waals surface area contributed by atoms with Gasteiger partial charge in [0.05, 0.1) is 12.4 Å². The lowest BCUT2D eigenvalue weighted by Gasteiger charge is -2.06. The summed E-state index contributed by atoms with van der Waals surface area (Å²) in [6.07, 6.45) is 0.467. The van der Waals surface area contributed by atoms with E-state index < -0.39 is 0 Å². The maximum atomic E-state index is 7.03. The molecule has 0 saturated carbocycles. The van der Waals surface area contributed by atoms with E-state index in [-0.39, 0.29) is 5.84 Å². The van der Waals surface area contributed by atoms with Gasteiger partial charge in [0.15, 0.2) is 0 Å². The van der Waals surface area contributed by atoms with Gasteiger partial charge in [-0.2, -0.15) is 0 Å². The molecule has 0 radical (unpaired) electrons. The average Bonchev–Trinajstić information content (AvgIpc) is 2.10. The molecule has 0 spiro atoms. The molecule has 3 nitrogen and oxygen atoms in total. The highest BCUT2D eigenvalue weighted by atomic mass is 79.9. The third-order valence-corrected chi connectivity index (χ3v) is 2.66. The second-order valence-electron chi connectivity index (χ2n) is 3.03. The quantitative estimate of drug-likeness (QED) is 0.643. The van der Waals surface area contributed by atoms with Crippen LogP contribution in [-0.4, -0.2) is 12.4 Å². The summed E-state index contributed by atoms with van der Waals surface area (Å²) in [4.78, 5) is 0. The number of aryl methyl sites for hydroxylation is 1. The Kier molecular flexibility index (Phi) is 3.95. The average molecular weight is 257 g/mol. The van der Waals surface area contributed by atoms with E-state index in [0.29, 0.717) is 13.0 Å². The normalized spacial score (nSPS) is 9.86. The Hall–Kier alpha value is -1.03. The number of rotatable bonds is 4. The van der Waals surface area contributed by atoms with Gasteiger partial charge in [-0.25, -0.2) is 0 Å². The van der Waals surface area contributed by atoms with Crippen LogP contribution >= 0.6 is 15.9 Å². The van der Waals surface area contributed by atoms with E-state index in [0.717, 1.165) is 15.8 Å². The van der Waals surface area contributed by atoms with Gasteiger partial charge in [-0.3, -0.25) is 5.41 Å². The van der Waals surface area contributed by atoms with Crippen LogP contribution in [0.1, 0.15) is 12.0 Å². The molecule has 0 amide bonds. The van der Waals surface area contributed by atoms with E-state index >= 15 is 0 Å². The molecule has 1 aromatic carbocycles. The third-order valence-electron chi connectivity index (χ3n) is 1.77. The second kappa shape index (κ2) is 5.00. The highest BCUT2D eigenvalue weighted by Gasteiger charge is 1.98. The Morgan fingerprint density at radius 2 is 2.29 bits per heavy atom. The first kappa shape index (κ1) is 11.0. The van der Waals surface area contributed by atoms with Crippen LogP contribution < -0.4 is 10.5 Å². The largest absolute Gasteiger partial charge is 0.493 e. The summed E-state index contributed by atoms with van der Waals surface area (Å²) < 4.78 is 6.48. The van der Waals surface area contributed by atoms with Crippen molar-refractivity contribution in [1.82, 2.24) is 0 Å². The lowest BCUT2D eigenvalue weighted by molar-refractivity contribution is 0.328. The summed E-state index contributed by atoms with van der Waals surface area (Å²) in [6, 6.07) is 5.78. The molecule has 1 rings (SSSR count). The van der Waals surface area contributed by atoms with Crippen molar-refractivity contribution in [2.75, 3.05) is 6.61 Å². The Bertz CT molecular complexity index is 339. The van der Waals surface area contributed by atoms with Crippen molar-refractivity contribution in [3.63, 3.8) is 0 Å². The highest BCUT2D eigenvalue weighted by molar-refractivity contribution is 9.10. The molecule has 0 aliphatic heterocycles. The summed E-state index contributed by atoms with van der Waals surface area (Å²) >= 11 is 3.41. The smallest absolute Gasteiger partial charge is 0.119 e. The van der Waals surface area contributed by atoms with Gasteiger partial charge in [-0.15, -0.1) is 0 Å². The Morgan fingerprint density at radius 1 is 1.57 bits per heavy atom. The van der Waals surface area contributed by atoms with E-state index in [2.05, 4.69) is 15.9 Å². The molecule has 0 aliphatic carbocycles. The first-order valence-corrected chi connectivity index (χ1v) is 5.11. The molecule has 3 N–H and O–H groups in total. The summed E-state index contributed by atoms with van der Waals surface area (Å²) in [5, 5.41) is 7.03. The van der Waals surface area contributed by atoms with E-state index in [1.54, 1.807) is 0 Å². The monoisotopic (exact) mass is 256 g/mol. The Morgan fingerprint density at radius 3 is 2.86 bits per heavy atom. The summed E-state index contributed by atoms with van der Waals surface area (Å²) in [5.41, 5.74) is 6.34. The molecule has 0 aliphatic rings. The maximum Gasteiger partial charge on any atom is 0.119 e. The summed E-state index contributed by atoms with van der Waals surface area (Å²) in [5.74, 6) is 0.964. The molecule has 0 saturated heterocycles. The van der Waals surface area contributed by atoms with E-state index in [1.165, 1.54) is 0 Å². The Balaban J connectivity index is 2.51. The van der Waals surface area contributed by atoms with Gasteiger partial charge >= 0.3 is 0 Å². The van der Waals surface area contributed by atoms with E-state index in [1.807, 2.05) is 25.1 Å². The first-order chi connectivity index (χ1) is 6.59. The van der Waals surface area contributed by atoms with Crippen molar-refractivity contribution < 1.29 is 4.74 Å². The van der Waals surface area contributed by atoms with Crippen molar-refractivity contribution >= 4 is 21.8 Å². The summed E-state index contributed by atoms with van der Waals surface area (Å²) in [6.45, 7) is 2.46. The van der Waals surface area contributed by atoms with Crippen LogP contribution in [0.4, 0.5) is 0 Å². The minimum absolute atomic E-state index is 0.152. The number of nitrogens with one attached hydrogen (secondary N) is 1. The molecule has 0 unspecified atom stereocenters. The molecular weight excluding hydrogens is 244 g/mol. The molecule has 4 heteroatoms. The number of nitrogens with two attached hydrogens (primary N) is 1. The van der Waals surface area contributed by atoms with Gasteiger partial charge in [0.1, 0.15) is 5.75 Å². The molecule has 76 valence electrons. The minimum atomic E-state index is 0.152. The van der Waals surface area contributed by atoms with Crippen LogP contribution in [0.3, 0.4) is 0 Å². The molecule has 0 fully saturated rings. The van der Waals surface area contributed by atoms with Crippen LogP contribution in [0.5, 0.6) is 5.75 Å².